The number of imidazole rings is 1. The molecule has 1 N–H and O–H groups in total. The van der Waals surface area contributed by atoms with Crippen LogP contribution in [0.5, 0.6) is 0 Å². The lowest BCUT2D eigenvalue weighted by Gasteiger charge is -2.09. The molecule has 4 rings (SSSR count). The van der Waals surface area contributed by atoms with E-state index >= 15 is 0 Å². The summed E-state index contributed by atoms with van der Waals surface area (Å²) in [7, 11) is 0. The molecule has 3 heterocycles. The highest BCUT2D eigenvalue weighted by Gasteiger charge is 2.18. The first-order valence-corrected chi connectivity index (χ1v) is 9.10. The first-order chi connectivity index (χ1) is 13.0. The van der Waals surface area contributed by atoms with Crippen molar-refractivity contribution in [1.82, 2.24) is 23.9 Å². The lowest BCUT2D eigenvalue weighted by atomic mass is 10.2. The van der Waals surface area contributed by atoms with Crippen LogP contribution in [0.4, 0.5) is 5.69 Å². The van der Waals surface area contributed by atoms with Crippen molar-refractivity contribution in [2.75, 3.05) is 5.32 Å². The van der Waals surface area contributed by atoms with Gasteiger partial charge >= 0.3 is 5.69 Å². The average Bonchev–Trinajstić information content (AvgIpc) is 3.16. The summed E-state index contributed by atoms with van der Waals surface area (Å²) in [4.78, 5) is 28.9. The van der Waals surface area contributed by atoms with E-state index in [9.17, 15) is 9.59 Å². The number of hydrogen-bond donors (Lipinski definition) is 1. The molecule has 0 unspecified atom stereocenters. The Morgan fingerprint density at radius 3 is 2.63 bits per heavy atom. The Kier molecular flexibility index (Phi) is 4.39. The topological polar surface area (TPSA) is 86.7 Å². The first kappa shape index (κ1) is 17.3. The highest BCUT2D eigenvalue weighted by molar-refractivity contribution is 5.90. The van der Waals surface area contributed by atoms with Crippen LogP contribution in [0.25, 0.3) is 5.69 Å². The maximum atomic E-state index is 12.3. The maximum Gasteiger partial charge on any atom is 0.346 e. The van der Waals surface area contributed by atoms with Gasteiger partial charge in [-0.3, -0.25) is 9.36 Å². The van der Waals surface area contributed by atoms with Gasteiger partial charge in [0.25, 0.3) is 0 Å². The van der Waals surface area contributed by atoms with Gasteiger partial charge in [-0.1, -0.05) is 0 Å². The molecule has 2 aromatic heterocycles. The fraction of sp³-hybridized carbons (Fsp3) is 0.368. The second-order valence-electron chi connectivity index (χ2n) is 6.85. The number of rotatable bonds is 4. The zero-order valence-electron chi connectivity index (χ0n) is 15.5. The fourth-order valence-electron chi connectivity index (χ4n) is 3.35. The molecule has 1 aromatic carbocycles. The monoisotopic (exact) mass is 366 g/mol. The normalized spacial score (nSPS) is 13.4. The summed E-state index contributed by atoms with van der Waals surface area (Å²) >= 11 is 0. The summed E-state index contributed by atoms with van der Waals surface area (Å²) in [6.45, 7) is 4.58. The Balaban J connectivity index is 1.45. The van der Waals surface area contributed by atoms with E-state index in [0.29, 0.717) is 12.2 Å². The molecule has 0 saturated carbocycles. The molecule has 0 atom stereocenters. The molecular weight excluding hydrogens is 344 g/mol. The molecule has 0 saturated heterocycles. The summed E-state index contributed by atoms with van der Waals surface area (Å²) in [5.74, 6) is 0.504. The van der Waals surface area contributed by atoms with Crippen LogP contribution in [-0.2, 0) is 24.3 Å². The van der Waals surface area contributed by atoms with Crippen molar-refractivity contribution in [3.05, 3.63) is 58.3 Å². The quantitative estimate of drug-likeness (QED) is 0.763. The molecule has 140 valence electrons. The van der Waals surface area contributed by atoms with Crippen LogP contribution < -0.4 is 11.0 Å². The zero-order chi connectivity index (χ0) is 19.0. The fourth-order valence-corrected chi connectivity index (χ4v) is 3.35. The Bertz CT molecular complexity index is 1040. The molecular formula is C19H22N6O2. The van der Waals surface area contributed by atoms with E-state index in [1.54, 1.807) is 10.9 Å². The molecule has 0 fully saturated rings. The van der Waals surface area contributed by atoms with E-state index < -0.39 is 0 Å². The van der Waals surface area contributed by atoms with Gasteiger partial charge in [0.15, 0.2) is 0 Å². The van der Waals surface area contributed by atoms with Crippen molar-refractivity contribution in [1.29, 1.82) is 0 Å². The predicted molar refractivity (Wildman–Crippen MR) is 101 cm³/mol. The van der Waals surface area contributed by atoms with E-state index in [-0.39, 0.29) is 18.1 Å². The summed E-state index contributed by atoms with van der Waals surface area (Å²) in [6, 6.07) is 7.52. The van der Waals surface area contributed by atoms with Gasteiger partial charge in [-0.25, -0.2) is 14.5 Å². The molecule has 1 aliphatic rings. The number of nitrogens with one attached hydrogen (secondary N) is 1. The van der Waals surface area contributed by atoms with Crippen LogP contribution in [0.2, 0.25) is 0 Å². The van der Waals surface area contributed by atoms with E-state index in [1.807, 2.05) is 42.7 Å². The first-order valence-electron chi connectivity index (χ1n) is 9.10. The molecule has 0 radical (unpaired) electrons. The second kappa shape index (κ2) is 6.86. The molecule has 0 aliphatic carbocycles. The van der Waals surface area contributed by atoms with Crippen molar-refractivity contribution in [3.63, 3.8) is 0 Å². The number of anilines is 1. The number of fused-ring (bicyclic) bond motifs is 1. The Labute approximate surface area is 156 Å². The molecule has 8 nitrogen and oxygen atoms in total. The van der Waals surface area contributed by atoms with Gasteiger partial charge in [-0.2, -0.15) is 5.10 Å². The van der Waals surface area contributed by atoms with Crippen LogP contribution in [0.3, 0.4) is 0 Å². The van der Waals surface area contributed by atoms with Crippen molar-refractivity contribution < 1.29 is 4.79 Å². The smallest absolute Gasteiger partial charge is 0.324 e. The van der Waals surface area contributed by atoms with E-state index in [1.165, 1.54) is 4.68 Å². The number of aromatic nitrogens is 5. The predicted octanol–water partition coefficient (Wildman–Crippen LogP) is 1.82. The number of amides is 1. The van der Waals surface area contributed by atoms with E-state index in [0.717, 1.165) is 42.2 Å². The SMILES string of the molecule is Cc1ncn(-c2ccc(NC(=O)Cn3nc4n(c3=O)CCCC4)cc2)c1C. The van der Waals surface area contributed by atoms with Crippen molar-refractivity contribution in [2.24, 2.45) is 0 Å². The summed E-state index contributed by atoms with van der Waals surface area (Å²) in [5, 5.41) is 7.12. The number of hydrogen-bond acceptors (Lipinski definition) is 4. The largest absolute Gasteiger partial charge is 0.346 e. The minimum atomic E-state index is -0.269. The number of aryl methyl sites for hydroxylation is 2. The van der Waals surface area contributed by atoms with Crippen LogP contribution in [0.1, 0.15) is 30.1 Å². The zero-order valence-corrected chi connectivity index (χ0v) is 15.5. The maximum absolute atomic E-state index is 12.3. The van der Waals surface area contributed by atoms with Crippen LogP contribution >= 0.6 is 0 Å². The van der Waals surface area contributed by atoms with Crippen LogP contribution in [0.15, 0.2) is 35.4 Å². The highest BCUT2D eigenvalue weighted by atomic mass is 16.2. The van der Waals surface area contributed by atoms with Gasteiger partial charge in [0.05, 0.1) is 12.0 Å². The van der Waals surface area contributed by atoms with Gasteiger partial charge in [-0.15, -0.1) is 0 Å². The lowest BCUT2D eigenvalue weighted by molar-refractivity contribution is -0.117. The third-order valence-corrected chi connectivity index (χ3v) is 5.01. The van der Waals surface area contributed by atoms with Crippen molar-refractivity contribution in [3.8, 4) is 5.69 Å². The summed E-state index contributed by atoms with van der Waals surface area (Å²) in [6.07, 6.45) is 4.58. The van der Waals surface area contributed by atoms with Gasteiger partial charge in [0, 0.05) is 30.0 Å². The Morgan fingerprint density at radius 1 is 1.19 bits per heavy atom. The number of nitrogens with zero attached hydrogens (tertiary/aromatic N) is 5. The Hall–Kier alpha value is -3.16. The molecule has 8 heteroatoms. The second-order valence-corrected chi connectivity index (χ2v) is 6.85. The number of carbonyl (C=O) groups is 1. The molecule has 1 aliphatic heterocycles. The molecule has 3 aromatic rings. The minimum absolute atomic E-state index is 0.0829. The van der Waals surface area contributed by atoms with Crippen molar-refractivity contribution >= 4 is 11.6 Å². The third-order valence-electron chi connectivity index (χ3n) is 5.01. The number of carbonyl (C=O) groups excluding carboxylic acids is 1. The third kappa shape index (κ3) is 3.30. The van der Waals surface area contributed by atoms with Gasteiger partial charge in [-0.05, 0) is 51.0 Å². The van der Waals surface area contributed by atoms with Crippen LogP contribution in [0, 0.1) is 13.8 Å². The molecule has 0 bridgehead atoms. The highest BCUT2D eigenvalue weighted by Crippen LogP contribution is 2.17. The number of benzene rings is 1. The molecule has 27 heavy (non-hydrogen) atoms. The summed E-state index contributed by atoms with van der Waals surface area (Å²) in [5.41, 5.74) is 3.51. The van der Waals surface area contributed by atoms with Gasteiger partial charge in [0.1, 0.15) is 12.4 Å². The van der Waals surface area contributed by atoms with Gasteiger partial charge < -0.3 is 9.88 Å². The average molecular weight is 366 g/mol. The Morgan fingerprint density at radius 2 is 1.96 bits per heavy atom. The minimum Gasteiger partial charge on any atom is -0.324 e. The lowest BCUT2D eigenvalue weighted by Crippen LogP contribution is -2.30. The van der Waals surface area contributed by atoms with E-state index in [2.05, 4.69) is 15.4 Å². The van der Waals surface area contributed by atoms with Crippen LogP contribution in [-0.4, -0.2) is 29.8 Å². The van der Waals surface area contributed by atoms with E-state index in [4.69, 9.17) is 0 Å². The molecule has 1 amide bonds. The standard InChI is InChI=1S/C19H22N6O2/c1-13-14(2)24(12-20-13)16-8-6-15(7-9-16)21-18(26)11-25-19(27)23-10-4-3-5-17(23)22-25/h6-9,12H,3-5,10-11H2,1-2H3,(H,21,26). The van der Waals surface area contributed by atoms with Gasteiger partial charge in [0.2, 0.25) is 5.91 Å². The summed E-state index contributed by atoms with van der Waals surface area (Å²) < 4.78 is 4.92. The molecule has 0 spiro atoms. The van der Waals surface area contributed by atoms with Crippen molar-refractivity contribution in [2.45, 2.75) is 46.2 Å².